The maximum absolute atomic E-state index is 5.53. The number of hydrogen-bond donors (Lipinski definition) is 2. The first-order valence-corrected chi connectivity index (χ1v) is 24.1. The normalized spacial score (nSPS) is 11.8. The van der Waals surface area contributed by atoms with Gasteiger partial charge in [0.25, 0.3) is 0 Å². The zero-order chi connectivity index (χ0) is 46.7. The topological polar surface area (TPSA) is 72.9 Å². The number of H-pyrrole nitrogens is 2. The van der Waals surface area contributed by atoms with Gasteiger partial charge in [0.15, 0.2) is 49.6 Å². The van der Waals surface area contributed by atoms with Gasteiger partial charge in [-0.2, -0.15) is 0 Å². The number of rotatable bonds is 20. The minimum atomic E-state index is 0.864. The van der Waals surface area contributed by atoms with Crippen molar-refractivity contribution in [1.82, 2.24) is 19.9 Å². The molecule has 9 rings (SSSR count). The summed E-state index contributed by atoms with van der Waals surface area (Å²) < 4.78 is 8.97. The summed E-state index contributed by atoms with van der Waals surface area (Å²) >= 11 is 0. The molecule has 9 heterocycles. The zero-order valence-electron chi connectivity index (χ0n) is 39.2. The summed E-state index contributed by atoms with van der Waals surface area (Å²) in [5.74, 6) is 0. The lowest BCUT2D eigenvalue weighted by molar-refractivity contribution is -0.697. The summed E-state index contributed by atoms with van der Waals surface area (Å²) in [5, 5.41) is 0. The Bertz CT molecular complexity index is 3010. The third kappa shape index (κ3) is 10.2. The van der Waals surface area contributed by atoms with E-state index in [0.29, 0.717) is 0 Å². The largest absolute Gasteiger partial charge is 0.354 e. The van der Waals surface area contributed by atoms with E-state index in [2.05, 4.69) is 201 Å². The number of aryl methyl sites for hydroxylation is 4. The molecule has 7 aromatic rings. The average molecular weight is 895 g/mol. The van der Waals surface area contributed by atoms with Crippen molar-refractivity contribution in [3.63, 3.8) is 0 Å². The van der Waals surface area contributed by atoms with E-state index in [1.807, 2.05) is 24.3 Å². The van der Waals surface area contributed by atoms with Crippen LogP contribution in [0.2, 0.25) is 0 Å². The molecular formula is C60H62N8+4. The first-order chi connectivity index (χ1) is 33.5. The van der Waals surface area contributed by atoms with Crippen LogP contribution >= 0.6 is 0 Å². The molecule has 8 nitrogen and oxygen atoms in total. The molecule has 0 radical (unpaired) electrons. The molecule has 2 aliphatic heterocycles. The number of allylic oxidation sites excluding steroid dienone is 4. The summed E-state index contributed by atoms with van der Waals surface area (Å²) in [7, 11) is 0. The van der Waals surface area contributed by atoms with E-state index in [1.54, 1.807) is 0 Å². The van der Waals surface area contributed by atoms with Gasteiger partial charge in [0.1, 0.15) is 26.2 Å². The van der Waals surface area contributed by atoms with E-state index in [9.17, 15) is 0 Å². The van der Waals surface area contributed by atoms with Crippen molar-refractivity contribution in [3.8, 4) is 44.5 Å². The minimum absolute atomic E-state index is 0.864. The second-order valence-electron chi connectivity index (χ2n) is 17.5. The molecule has 2 N–H and O–H groups in total. The highest BCUT2D eigenvalue weighted by atomic mass is 14.9. The first kappa shape index (κ1) is 45.3. The summed E-state index contributed by atoms with van der Waals surface area (Å²) in [6, 6.07) is 26.5. The van der Waals surface area contributed by atoms with Crippen molar-refractivity contribution in [2.75, 3.05) is 0 Å². The number of hydrogen-bond acceptors (Lipinski definition) is 2. The lowest BCUT2D eigenvalue weighted by atomic mass is 10.0. The smallest absolute Gasteiger partial charge is 0.169 e. The van der Waals surface area contributed by atoms with E-state index < -0.39 is 0 Å². The molecule has 0 aromatic carbocycles. The number of aromatic amines is 2. The van der Waals surface area contributed by atoms with Gasteiger partial charge in [-0.05, 0) is 96.5 Å². The van der Waals surface area contributed by atoms with E-state index in [-0.39, 0.29) is 0 Å². The fourth-order valence-corrected chi connectivity index (χ4v) is 9.19. The molecule has 0 aliphatic carbocycles. The number of nitrogens with one attached hydrogen (secondary N) is 2. The van der Waals surface area contributed by atoms with Gasteiger partial charge in [-0.25, -0.2) is 28.2 Å². The standard InChI is InChI=1S/C60H61N8/c1-5-9-13-33-65-37-25-45(26-38-65)57-49-17-19-51(61-49)58(46-27-39-66(40-28-46)34-14-10-6-2)53-21-23-55(63-53)60(48-31-43-68(44-32-48)36-16-12-8-4)56-24-22-54(64-56)59(52-20-18-50(57)62-52)47-29-41-67(42-30-47)35-15-11-7-3/h5-8,17-32,37-44H,1-4,9-16,33-36H2,(H,61,62,63,64)/q+3/p+1. The monoisotopic (exact) mass is 895 g/mol. The van der Waals surface area contributed by atoms with Crippen LogP contribution in [0.4, 0.5) is 0 Å². The highest BCUT2D eigenvalue weighted by Crippen LogP contribution is 2.38. The number of unbranched alkanes of at least 4 members (excludes halogenated alkanes) is 4. The van der Waals surface area contributed by atoms with Crippen LogP contribution in [-0.4, -0.2) is 19.9 Å². The van der Waals surface area contributed by atoms with Gasteiger partial charge in [0, 0.05) is 119 Å². The third-order valence-corrected chi connectivity index (χ3v) is 12.8. The third-order valence-electron chi connectivity index (χ3n) is 12.8. The lowest BCUT2D eigenvalue weighted by Gasteiger charge is -2.07. The Labute approximate surface area is 400 Å². The number of fused-ring (bicyclic) bond motifs is 8. The van der Waals surface area contributed by atoms with Crippen LogP contribution in [0.1, 0.15) is 74.1 Å². The molecule has 0 saturated carbocycles. The number of nitrogens with zero attached hydrogens (tertiary/aromatic N) is 6. The fourth-order valence-electron chi connectivity index (χ4n) is 9.19. The molecule has 0 saturated heterocycles. The molecule has 0 amide bonds. The Morgan fingerprint density at radius 2 is 0.588 bits per heavy atom. The fraction of sp³-hybridized carbons (Fsp3) is 0.200. The van der Waals surface area contributed by atoms with Crippen molar-refractivity contribution in [1.29, 1.82) is 0 Å². The summed E-state index contributed by atoms with van der Waals surface area (Å²) in [6.07, 6.45) is 42.0. The molecule has 68 heavy (non-hydrogen) atoms. The van der Waals surface area contributed by atoms with Crippen molar-refractivity contribution >= 4 is 46.4 Å². The molecule has 8 bridgehead atoms. The van der Waals surface area contributed by atoms with Crippen LogP contribution in [0, 0.1) is 0 Å². The van der Waals surface area contributed by atoms with Crippen LogP contribution in [0.25, 0.3) is 90.9 Å². The predicted molar refractivity (Wildman–Crippen MR) is 279 cm³/mol. The van der Waals surface area contributed by atoms with Gasteiger partial charge < -0.3 is 9.97 Å². The highest BCUT2D eigenvalue weighted by Gasteiger charge is 2.21. The number of pyridine rings is 4. The molecule has 0 fully saturated rings. The summed E-state index contributed by atoms with van der Waals surface area (Å²) in [5.41, 5.74) is 15.9. The Morgan fingerprint density at radius 1 is 0.338 bits per heavy atom. The second-order valence-corrected chi connectivity index (χ2v) is 17.5. The molecule has 2 aliphatic rings. The molecular weight excluding hydrogens is 833 g/mol. The van der Waals surface area contributed by atoms with Gasteiger partial charge in [-0.3, -0.25) is 0 Å². The van der Waals surface area contributed by atoms with Crippen molar-refractivity contribution in [2.24, 2.45) is 0 Å². The van der Waals surface area contributed by atoms with E-state index >= 15 is 0 Å². The molecule has 0 spiro atoms. The van der Waals surface area contributed by atoms with Crippen LogP contribution in [0.3, 0.4) is 0 Å². The molecule has 7 aromatic heterocycles. The molecule has 338 valence electrons. The van der Waals surface area contributed by atoms with E-state index in [4.69, 9.17) is 9.97 Å². The molecule has 0 atom stereocenters. The quantitative estimate of drug-likeness (QED) is 0.0454. The van der Waals surface area contributed by atoms with Crippen molar-refractivity contribution in [3.05, 3.63) is 196 Å². The summed E-state index contributed by atoms with van der Waals surface area (Å²) in [6.45, 7) is 19.4. The van der Waals surface area contributed by atoms with Gasteiger partial charge in [-0.15, -0.1) is 26.3 Å². The first-order valence-electron chi connectivity index (χ1n) is 24.1. The SMILES string of the molecule is C=CCCC[n+]1ccc(-c2c3nc(c(-c4cc[n+](CCCC=C)cc4)c4ccc([nH]4)c(-c4cc[n+](CCCC=C)cc4)c4ccc([nH]4)c(-c4cc[n+](CCCC=C)cc4)c4nc2C=C4)C=C3)cc1. The van der Waals surface area contributed by atoms with Gasteiger partial charge in [0.05, 0.1) is 22.8 Å². The van der Waals surface area contributed by atoms with Gasteiger partial charge in [-0.1, -0.05) is 24.3 Å². The molecule has 0 unspecified atom stereocenters. The van der Waals surface area contributed by atoms with Crippen LogP contribution in [0.5, 0.6) is 0 Å². The average Bonchev–Trinajstić information content (AvgIpc) is 4.23. The molecule has 8 heteroatoms. The predicted octanol–water partition coefficient (Wildman–Crippen LogP) is 12.3. The Kier molecular flexibility index (Phi) is 14.4. The Hall–Kier alpha value is -7.84. The highest BCUT2D eigenvalue weighted by molar-refractivity contribution is 6.00. The Morgan fingerprint density at radius 3 is 0.882 bits per heavy atom. The van der Waals surface area contributed by atoms with Gasteiger partial charge in [0.2, 0.25) is 0 Å². The maximum Gasteiger partial charge on any atom is 0.169 e. The van der Waals surface area contributed by atoms with Crippen LogP contribution in [-0.2, 0) is 26.2 Å². The number of aromatic nitrogens is 8. The van der Waals surface area contributed by atoms with Gasteiger partial charge >= 0.3 is 0 Å². The van der Waals surface area contributed by atoms with E-state index in [1.165, 1.54) is 0 Å². The van der Waals surface area contributed by atoms with E-state index in [0.717, 1.165) is 167 Å². The van der Waals surface area contributed by atoms with Crippen molar-refractivity contribution < 1.29 is 18.3 Å². The zero-order valence-corrected chi connectivity index (χ0v) is 39.2. The lowest BCUT2D eigenvalue weighted by Crippen LogP contribution is -2.32. The minimum Gasteiger partial charge on any atom is -0.354 e. The van der Waals surface area contributed by atoms with Crippen LogP contribution < -0.4 is 18.3 Å². The van der Waals surface area contributed by atoms with Crippen molar-refractivity contribution in [2.45, 2.75) is 77.5 Å². The maximum atomic E-state index is 5.53. The summed E-state index contributed by atoms with van der Waals surface area (Å²) in [4.78, 5) is 18.9. The second kappa shape index (κ2) is 21.6. The van der Waals surface area contributed by atoms with Crippen LogP contribution in [0.15, 0.2) is 173 Å². The Balaban J connectivity index is 1.32.